The number of amides is 1. The fraction of sp³-hybridized carbons (Fsp3) is 0.300. The average Bonchev–Trinajstić information content (AvgIpc) is 2.70. The van der Waals surface area contributed by atoms with E-state index in [0.717, 1.165) is 11.3 Å². The number of esters is 1. The number of anilines is 1. The number of nitrogens with one attached hydrogen (secondary N) is 1. The van der Waals surface area contributed by atoms with Crippen LogP contribution in [-0.2, 0) is 16.1 Å². The second-order valence-corrected chi connectivity index (χ2v) is 5.98. The first-order valence-electron chi connectivity index (χ1n) is 8.36. The Morgan fingerprint density at radius 1 is 1.00 bits per heavy atom. The largest absolute Gasteiger partial charge is 0.497 e. The fourth-order valence-corrected chi connectivity index (χ4v) is 2.34. The van der Waals surface area contributed by atoms with Crippen LogP contribution in [0.3, 0.4) is 0 Å². The van der Waals surface area contributed by atoms with E-state index in [1.165, 1.54) is 20.3 Å². The van der Waals surface area contributed by atoms with Gasteiger partial charge in [0.15, 0.2) is 6.61 Å². The Labute approximate surface area is 158 Å². The van der Waals surface area contributed by atoms with Gasteiger partial charge in [-0.05, 0) is 29.8 Å². The average molecular weight is 372 g/mol. The molecule has 2 rings (SSSR count). The van der Waals surface area contributed by atoms with Crippen LogP contribution in [0.5, 0.6) is 11.5 Å². The molecule has 7 nitrogen and oxygen atoms in total. The number of nitrogens with zero attached hydrogens (tertiary/aromatic N) is 1. The lowest BCUT2D eigenvalue weighted by Crippen LogP contribution is -2.28. The van der Waals surface area contributed by atoms with Crippen LogP contribution in [0.25, 0.3) is 0 Å². The topological polar surface area (TPSA) is 77.1 Å². The van der Waals surface area contributed by atoms with Crippen molar-refractivity contribution in [3.05, 3.63) is 53.6 Å². The summed E-state index contributed by atoms with van der Waals surface area (Å²) in [5, 5.41) is 2.72. The molecular formula is C20H24N2O5. The third kappa shape index (κ3) is 5.64. The Bertz CT molecular complexity index is 787. The number of benzene rings is 2. The molecule has 0 spiro atoms. The second-order valence-electron chi connectivity index (χ2n) is 5.98. The van der Waals surface area contributed by atoms with Crippen LogP contribution in [0.1, 0.15) is 15.9 Å². The van der Waals surface area contributed by atoms with Crippen molar-refractivity contribution in [2.75, 3.05) is 39.8 Å². The summed E-state index contributed by atoms with van der Waals surface area (Å²) in [7, 11) is 6.89. The van der Waals surface area contributed by atoms with Crippen molar-refractivity contribution in [3.8, 4) is 11.5 Å². The monoisotopic (exact) mass is 372 g/mol. The van der Waals surface area contributed by atoms with Crippen molar-refractivity contribution in [2.24, 2.45) is 0 Å². The SMILES string of the molecule is COc1ccc(C(=O)OCC(=O)NCc2ccc(N(C)C)cc2)c(OC)c1. The van der Waals surface area contributed by atoms with E-state index < -0.39 is 5.97 Å². The minimum atomic E-state index is -0.639. The summed E-state index contributed by atoms with van der Waals surface area (Å²) in [6.07, 6.45) is 0. The van der Waals surface area contributed by atoms with Crippen molar-refractivity contribution >= 4 is 17.6 Å². The molecule has 0 saturated carbocycles. The van der Waals surface area contributed by atoms with Crippen molar-refractivity contribution in [2.45, 2.75) is 6.54 Å². The second kappa shape index (κ2) is 9.47. The predicted octanol–water partition coefficient (Wildman–Crippen LogP) is 2.24. The van der Waals surface area contributed by atoms with E-state index in [2.05, 4.69) is 5.32 Å². The predicted molar refractivity (Wildman–Crippen MR) is 102 cm³/mol. The number of carbonyl (C=O) groups is 2. The molecule has 0 bridgehead atoms. The number of carbonyl (C=O) groups excluding carboxylic acids is 2. The van der Waals surface area contributed by atoms with E-state index in [9.17, 15) is 9.59 Å². The summed E-state index contributed by atoms with van der Waals surface area (Å²) in [5.74, 6) is -0.144. The van der Waals surface area contributed by atoms with E-state index >= 15 is 0 Å². The summed E-state index contributed by atoms with van der Waals surface area (Å²) in [4.78, 5) is 26.1. The summed E-state index contributed by atoms with van der Waals surface area (Å²) >= 11 is 0. The fourth-order valence-electron chi connectivity index (χ4n) is 2.34. The number of methoxy groups -OCH3 is 2. The highest BCUT2D eigenvalue weighted by Crippen LogP contribution is 2.25. The molecule has 0 aliphatic rings. The zero-order valence-corrected chi connectivity index (χ0v) is 15.9. The zero-order valence-electron chi connectivity index (χ0n) is 15.9. The molecule has 0 aromatic heterocycles. The maximum atomic E-state index is 12.2. The van der Waals surface area contributed by atoms with Gasteiger partial charge in [0, 0.05) is 32.4 Å². The lowest BCUT2D eigenvalue weighted by molar-refractivity contribution is -0.124. The van der Waals surface area contributed by atoms with Crippen LogP contribution in [0.15, 0.2) is 42.5 Å². The first kappa shape index (κ1) is 20.1. The van der Waals surface area contributed by atoms with E-state index in [1.807, 2.05) is 43.3 Å². The molecule has 0 saturated heterocycles. The molecule has 1 N–H and O–H groups in total. The Morgan fingerprint density at radius 2 is 1.70 bits per heavy atom. The van der Waals surface area contributed by atoms with Crippen molar-refractivity contribution < 1.29 is 23.8 Å². The standard InChI is InChI=1S/C20H24N2O5/c1-22(2)15-7-5-14(6-8-15)12-21-19(23)13-27-20(24)17-10-9-16(25-3)11-18(17)26-4/h5-11H,12-13H2,1-4H3,(H,21,23). The molecule has 0 radical (unpaired) electrons. The van der Waals surface area contributed by atoms with Gasteiger partial charge >= 0.3 is 5.97 Å². The maximum Gasteiger partial charge on any atom is 0.342 e. The summed E-state index contributed by atoms with van der Waals surface area (Å²) in [5.41, 5.74) is 2.26. The molecule has 7 heteroatoms. The third-order valence-corrected chi connectivity index (χ3v) is 3.91. The molecule has 2 aromatic carbocycles. The summed E-state index contributed by atoms with van der Waals surface area (Å²) in [6.45, 7) is -0.0141. The number of hydrogen-bond acceptors (Lipinski definition) is 6. The van der Waals surface area contributed by atoms with Gasteiger partial charge in [-0.15, -0.1) is 0 Å². The van der Waals surface area contributed by atoms with Gasteiger partial charge in [-0.25, -0.2) is 4.79 Å². The van der Waals surface area contributed by atoms with Gasteiger partial charge in [0.1, 0.15) is 17.1 Å². The molecule has 1 amide bonds. The number of hydrogen-bond donors (Lipinski definition) is 1. The lowest BCUT2D eigenvalue weighted by atomic mass is 10.2. The van der Waals surface area contributed by atoms with E-state index in [-0.39, 0.29) is 18.1 Å². The Hall–Kier alpha value is -3.22. The molecule has 0 unspecified atom stereocenters. The van der Waals surface area contributed by atoms with Crippen LogP contribution in [0.2, 0.25) is 0 Å². The molecule has 2 aromatic rings. The number of rotatable bonds is 8. The van der Waals surface area contributed by atoms with Crippen LogP contribution < -0.4 is 19.7 Å². The highest BCUT2D eigenvalue weighted by molar-refractivity contribution is 5.94. The normalized spacial score (nSPS) is 10.1. The van der Waals surface area contributed by atoms with Gasteiger partial charge in [-0.2, -0.15) is 0 Å². The molecule has 0 heterocycles. The Kier molecular flexibility index (Phi) is 7.05. The summed E-state index contributed by atoms with van der Waals surface area (Å²) in [6, 6.07) is 12.5. The lowest BCUT2D eigenvalue weighted by Gasteiger charge is -2.13. The molecule has 0 atom stereocenters. The first-order chi connectivity index (χ1) is 12.9. The molecule has 0 aliphatic carbocycles. The van der Waals surface area contributed by atoms with Crippen LogP contribution >= 0.6 is 0 Å². The van der Waals surface area contributed by atoms with Gasteiger partial charge < -0.3 is 24.4 Å². The molecule has 144 valence electrons. The number of ether oxygens (including phenoxy) is 3. The van der Waals surface area contributed by atoms with Crippen molar-refractivity contribution in [1.29, 1.82) is 0 Å². The summed E-state index contributed by atoms with van der Waals surface area (Å²) < 4.78 is 15.3. The first-order valence-corrected chi connectivity index (χ1v) is 8.36. The quantitative estimate of drug-likeness (QED) is 0.716. The van der Waals surface area contributed by atoms with Gasteiger partial charge in [0.2, 0.25) is 0 Å². The minimum Gasteiger partial charge on any atom is -0.497 e. The highest BCUT2D eigenvalue weighted by atomic mass is 16.5. The van der Waals surface area contributed by atoms with Gasteiger partial charge in [0.05, 0.1) is 14.2 Å². The van der Waals surface area contributed by atoms with Crippen molar-refractivity contribution in [3.63, 3.8) is 0 Å². The highest BCUT2D eigenvalue weighted by Gasteiger charge is 2.16. The minimum absolute atomic E-state index is 0.227. The zero-order chi connectivity index (χ0) is 19.8. The molecule has 27 heavy (non-hydrogen) atoms. The van der Waals surface area contributed by atoms with Crippen LogP contribution in [-0.4, -0.2) is 46.8 Å². The smallest absolute Gasteiger partial charge is 0.342 e. The maximum absolute atomic E-state index is 12.2. The van der Waals surface area contributed by atoms with Gasteiger partial charge in [0.25, 0.3) is 5.91 Å². The van der Waals surface area contributed by atoms with E-state index in [0.29, 0.717) is 18.0 Å². The van der Waals surface area contributed by atoms with Crippen LogP contribution in [0, 0.1) is 0 Å². The third-order valence-electron chi connectivity index (χ3n) is 3.91. The Balaban J connectivity index is 1.85. The van der Waals surface area contributed by atoms with Crippen molar-refractivity contribution in [1.82, 2.24) is 5.32 Å². The van der Waals surface area contributed by atoms with E-state index in [1.54, 1.807) is 12.1 Å². The Morgan fingerprint density at radius 3 is 2.30 bits per heavy atom. The van der Waals surface area contributed by atoms with Gasteiger partial charge in [-0.3, -0.25) is 4.79 Å². The van der Waals surface area contributed by atoms with E-state index in [4.69, 9.17) is 14.2 Å². The van der Waals surface area contributed by atoms with Gasteiger partial charge in [-0.1, -0.05) is 12.1 Å². The van der Waals surface area contributed by atoms with Crippen LogP contribution in [0.4, 0.5) is 5.69 Å². The molecular weight excluding hydrogens is 348 g/mol. The molecule has 0 fully saturated rings. The molecule has 0 aliphatic heterocycles.